The molecule has 2 aromatic carbocycles. The minimum atomic E-state index is -0.827. The average Bonchev–Trinajstić information content (AvgIpc) is 2.28. The second-order valence-electron chi connectivity index (χ2n) is 4.81. The fraction of sp³-hybridized carbons (Fsp3) is 0.267. The summed E-state index contributed by atoms with van der Waals surface area (Å²) in [6.07, 6.45) is 0. The van der Waals surface area contributed by atoms with E-state index in [-0.39, 0.29) is 0 Å². The van der Waals surface area contributed by atoms with Crippen LogP contribution in [0.4, 0.5) is 0 Å². The number of carbonyl (C=O) groups is 1. The summed E-state index contributed by atoms with van der Waals surface area (Å²) >= 11 is 0. The topological polar surface area (TPSA) is 40.5 Å². The maximum Gasteiger partial charge on any atom is 0.325 e. The summed E-state index contributed by atoms with van der Waals surface area (Å²) < 4.78 is 0. The van der Waals surface area contributed by atoms with Crippen molar-refractivity contribution in [1.29, 1.82) is 0 Å². The highest BCUT2D eigenvalue weighted by Crippen LogP contribution is 2.24. The molecule has 2 aromatic rings. The van der Waals surface area contributed by atoms with Crippen LogP contribution in [-0.4, -0.2) is 30.1 Å². The van der Waals surface area contributed by atoms with E-state index < -0.39 is 12.0 Å². The summed E-state index contributed by atoms with van der Waals surface area (Å²) in [5, 5.41) is 11.5. The Hall–Kier alpha value is -1.87. The van der Waals surface area contributed by atoms with Crippen molar-refractivity contribution in [3.05, 3.63) is 47.5 Å². The number of benzene rings is 2. The molecule has 0 bridgehead atoms. The molecule has 1 unspecified atom stereocenters. The first-order chi connectivity index (χ1) is 8.49. The number of fused-ring (bicyclic) bond motifs is 1. The second kappa shape index (κ2) is 4.78. The van der Waals surface area contributed by atoms with Gasteiger partial charge in [-0.3, -0.25) is 9.69 Å². The standard InChI is InChI=1S/C15H17NO2/c1-10-4-5-12-9-13(7-6-11(12)8-10)14(15(17)18)16(2)3/h4-9,14H,1-3H3,(H,17,18). The number of carboxylic acids is 1. The largest absolute Gasteiger partial charge is 0.480 e. The Morgan fingerprint density at radius 3 is 2.33 bits per heavy atom. The molecule has 3 nitrogen and oxygen atoms in total. The molecule has 0 saturated heterocycles. The fourth-order valence-corrected chi connectivity index (χ4v) is 2.22. The molecular weight excluding hydrogens is 226 g/mol. The van der Waals surface area contributed by atoms with Crippen LogP contribution in [0.3, 0.4) is 0 Å². The Morgan fingerprint density at radius 2 is 1.72 bits per heavy atom. The van der Waals surface area contributed by atoms with Gasteiger partial charge in [-0.25, -0.2) is 0 Å². The summed E-state index contributed by atoms with van der Waals surface area (Å²) in [5.41, 5.74) is 2.02. The summed E-state index contributed by atoms with van der Waals surface area (Å²) in [7, 11) is 3.55. The molecule has 1 atom stereocenters. The van der Waals surface area contributed by atoms with Crippen LogP contribution in [0.15, 0.2) is 36.4 Å². The zero-order valence-electron chi connectivity index (χ0n) is 10.8. The van der Waals surface area contributed by atoms with E-state index in [1.165, 1.54) is 5.56 Å². The number of aliphatic carboxylic acids is 1. The Kier molecular flexibility index (Phi) is 3.34. The molecule has 0 radical (unpaired) electrons. The molecule has 0 aliphatic carbocycles. The van der Waals surface area contributed by atoms with Gasteiger partial charge in [0.1, 0.15) is 6.04 Å². The van der Waals surface area contributed by atoms with Crippen LogP contribution in [-0.2, 0) is 4.79 Å². The highest BCUT2D eigenvalue weighted by Gasteiger charge is 2.21. The SMILES string of the molecule is Cc1ccc2cc(C(C(=O)O)N(C)C)ccc2c1. The zero-order chi connectivity index (χ0) is 13.3. The lowest BCUT2D eigenvalue weighted by atomic mass is 10.00. The maximum atomic E-state index is 11.3. The normalized spacial score (nSPS) is 12.9. The molecular formula is C15H17NO2. The van der Waals surface area contributed by atoms with Gasteiger partial charge in [-0.1, -0.05) is 35.9 Å². The lowest BCUT2D eigenvalue weighted by molar-refractivity contribution is -0.142. The second-order valence-corrected chi connectivity index (χ2v) is 4.81. The Balaban J connectivity index is 2.52. The van der Waals surface area contributed by atoms with Crippen LogP contribution >= 0.6 is 0 Å². The Labute approximate surface area is 107 Å². The summed E-state index contributed by atoms with van der Waals surface area (Å²) in [5.74, 6) is -0.827. The average molecular weight is 243 g/mol. The molecule has 18 heavy (non-hydrogen) atoms. The van der Waals surface area contributed by atoms with Crippen LogP contribution in [0.2, 0.25) is 0 Å². The molecule has 0 aliphatic heterocycles. The van der Waals surface area contributed by atoms with Gasteiger partial charge in [0.05, 0.1) is 0 Å². The number of hydrogen-bond acceptors (Lipinski definition) is 2. The summed E-state index contributed by atoms with van der Waals surface area (Å²) in [6, 6.07) is 11.4. The molecule has 0 saturated carbocycles. The van der Waals surface area contributed by atoms with Crippen LogP contribution < -0.4 is 0 Å². The van der Waals surface area contributed by atoms with Gasteiger partial charge in [-0.2, -0.15) is 0 Å². The van der Waals surface area contributed by atoms with Gasteiger partial charge in [-0.15, -0.1) is 0 Å². The lowest BCUT2D eigenvalue weighted by Gasteiger charge is -2.20. The predicted octanol–water partition coefficient (Wildman–Crippen LogP) is 2.84. The van der Waals surface area contributed by atoms with Crippen LogP contribution in [0.5, 0.6) is 0 Å². The van der Waals surface area contributed by atoms with Gasteiger partial charge in [0.15, 0.2) is 0 Å². The van der Waals surface area contributed by atoms with Crippen molar-refractivity contribution < 1.29 is 9.90 Å². The quantitative estimate of drug-likeness (QED) is 0.901. The Bertz CT molecular complexity index is 590. The van der Waals surface area contributed by atoms with Crippen LogP contribution in [0.25, 0.3) is 10.8 Å². The van der Waals surface area contributed by atoms with Gasteiger partial charge in [0, 0.05) is 0 Å². The molecule has 1 N–H and O–H groups in total. The van der Waals surface area contributed by atoms with Crippen molar-refractivity contribution in [3.63, 3.8) is 0 Å². The number of nitrogens with zero attached hydrogens (tertiary/aromatic N) is 1. The van der Waals surface area contributed by atoms with E-state index in [1.807, 2.05) is 37.3 Å². The van der Waals surface area contributed by atoms with Gasteiger partial charge in [0.25, 0.3) is 0 Å². The lowest BCUT2D eigenvalue weighted by Crippen LogP contribution is -2.27. The first kappa shape index (κ1) is 12.6. The molecule has 2 rings (SSSR count). The first-order valence-electron chi connectivity index (χ1n) is 5.88. The third-order valence-corrected chi connectivity index (χ3v) is 3.09. The van der Waals surface area contributed by atoms with E-state index in [1.54, 1.807) is 19.0 Å². The van der Waals surface area contributed by atoms with E-state index in [2.05, 4.69) is 6.07 Å². The summed E-state index contributed by atoms with van der Waals surface area (Å²) in [6.45, 7) is 2.05. The van der Waals surface area contributed by atoms with Gasteiger partial charge >= 0.3 is 5.97 Å². The van der Waals surface area contributed by atoms with E-state index in [0.717, 1.165) is 16.3 Å². The predicted molar refractivity (Wildman–Crippen MR) is 72.7 cm³/mol. The Morgan fingerprint density at radius 1 is 1.11 bits per heavy atom. The van der Waals surface area contributed by atoms with E-state index in [4.69, 9.17) is 0 Å². The van der Waals surface area contributed by atoms with Crippen molar-refractivity contribution >= 4 is 16.7 Å². The summed E-state index contributed by atoms with van der Waals surface area (Å²) in [4.78, 5) is 13.0. The number of likely N-dealkylation sites (N-methyl/N-ethyl adjacent to an activating group) is 1. The highest BCUT2D eigenvalue weighted by molar-refractivity contribution is 5.85. The minimum Gasteiger partial charge on any atom is -0.480 e. The zero-order valence-corrected chi connectivity index (χ0v) is 10.8. The molecule has 0 heterocycles. The van der Waals surface area contributed by atoms with Crippen molar-refractivity contribution in [2.45, 2.75) is 13.0 Å². The molecule has 0 aliphatic rings. The first-order valence-corrected chi connectivity index (χ1v) is 5.88. The van der Waals surface area contributed by atoms with E-state index >= 15 is 0 Å². The van der Waals surface area contributed by atoms with Gasteiger partial charge in [-0.05, 0) is 43.4 Å². The van der Waals surface area contributed by atoms with Gasteiger partial charge < -0.3 is 5.11 Å². The van der Waals surface area contributed by atoms with E-state index in [9.17, 15) is 9.90 Å². The third kappa shape index (κ3) is 2.36. The van der Waals surface area contributed by atoms with Crippen LogP contribution in [0.1, 0.15) is 17.2 Å². The van der Waals surface area contributed by atoms with Crippen molar-refractivity contribution in [1.82, 2.24) is 4.90 Å². The fourth-order valence-electron chi connectivity index (χ4n) is 2.22. The molecule has 0 fully saturated rings. The van der Waals surface area contributed by atoms with Crippen LogP contribution in [0, 0.1) is 6.92 Å². The van der Waals surface area contributed by atoms with E-state index in [0.29, 0.717) is 0 Å². The molecule has 0 aromatic heterocycles. The number of carboxylic acid groups (broad SMARTS) is 1. The van der Waals surface area contributed by atoms with Crippen molar-refractivity contribution in [3.8, 4) is 0 Å². The molecule has 94 valence electrons. The number of hydrogen-bond donors (Lipinski definition) is 1. The minimum absolute atomic E-state index is 0.601. The van der Waals surface area contributed by atoms with Crippen molar-refractivity contribution in [2.24, 2.45) is 0 Å². The molecule has 3 heteroatoms. The highest BCUT2D eigenvalue weighted by atomic mass is 16.4. The van der Waals surface area contributed by atoms with Crippen molar-refractivity contribution in [2.75, 3.05) is 14.1 Å². The number of rotatable bonds is 3. The molecule has 0 amide bonds. The maximum absolute atomic E-state index is 11.3. The molecule has 0 spiro atoms. The smallest absolute Gasteiger partial charge is 0.325 e. The third-order valence-electron chi connectivity index (χ3n) is 3.09. The number of aryl methyl sites for hydroxylation is 1. The monoisotopic (exact) mass is 243 g/mol. The van der Waals surface area contributed by atoms with Gasteiger partial charge in [0.2, 0.25) is 0 Å².